The standard InChI is InChI=1S/C13H15N3OS/c1-16(9-11-3-2-6-18-11)13(17)12-7-10(8-14)4-5-15-12/h2-7H,8-9,14H2,1H3. The first-order valence-corrected chi connectivity index (χ1v) is 6.51. The fourth-order valence-electron chi connectivity index (χ4n) is 1.62. The number of nitrogens with zero attached hydrogens (tertiary/aromatic N) is 2. The summed E-state index contributed by atoms with van der Waals surface area (Å²) in [7, 11) is 1.78. The van der Waals surface area contributed by atoms with Crippen LogP contribution in [0.1, 0.15) is 20.9 Å². The van der Waals surface area contributed by atoms with Gasteiger partial charge in [-0.2, -0.15) is 0 Å². The Balaban J connectivity index is 2.10. The summed E-state index contributed by atoms with van der Waals surface area (Å²) in [5, 5.41) is 2.00. The second kappa shape index (κ2) is 5.75. The maximum atomic E-state index is 12.2. The number of nitrogens with two attached hydrogens (primary N) is 1. The molecular weight excluding hydrogens is 246 g/mol. The van der Waals surface area contributed by atoms with Crippen LogP contribution >= 0.6 is 11.3 Å². The lowest BCUT2D eigenvalue weighted by Crippen LogP contribution is -2.26. The van der Waals surface area contributed by atoms with E-state index in [0.717, 1.165) is 10.4 Å². The van der Waals surface area contributed by atoms with Gasteiger partial charge in [0.2, 0.25) is 0 Å². The van der Waals surface area contributed by atoms with Crippen LogP contribution in [0.4, 0.5) is 0 Å². The van der Waals surface area contributed by atoms with Crippen LogP contribution in [0.25, 0.3) is 0 Å². The van der Waals surface area contributed by atoms with Crippen molar-refractivity contribution < 1.29 is 4.79 Å². The predicted octanol–water partition coefficient (Wildman–Crippen LogP) is 1.87. The minimum absolute atomic E-state index is 0.0845. The highest BCUT2D eigenvalue weighted by molar-refractivity contribution is 7.09. The van der Waals surface area contributed by atoms with E-state index in [1.807, 2.05) is 23.6 Å². The van der Waals surface area contributed by atoms with Crippen molar-refractivity contribution in [2.45, 2.75) is 13.1 Å². The average molecular weight is 261 g/mol. The van der Waals surface area contributed by atoms with Gasteiger partial charge >= 0.3 is 0 Å². The molecular formula is C13H15N3OS. The molecule has 0 aliphatic carbocycles. The Bertz CT molecular complexity index is 525. The summed E-state index contributed by atoms with van der Waals surface area (Å²) in [5.74, 6) is -0.0845. The summed E-state index contributed by atoms with van der Waals surface area (Å²) in [5.41, 5.74) is 6.91. The lowest BCUT2D eigenvalue weighted by Gasteiger charge is -2.15. The first-order valence-electron chi connectivity index (χ1n) is 5.63. The highest BCUT2D eigenvalue weighted by Gasteiger charge is 2.13. The van der Waals surface area contributed by atoms with Gasteiger partial charge in [-0.3, -0.25) is 9.78 Å². The maximum absolute atomic E-state index is 12.2. The van der Waals surface area contributed by atoms with E-state index in [-0.39, 0.29) is 5.91 Å². The van der Waals surface area contributed by atoms with Crippen LogP contribution in [0, 0.1) is 0 Å². The number of hydrogen-bond acceptors (Lipinski definition) is 4. The molecule has 2 rings (SSSR count). The molecule has 0 saturated carbocycles. The summed E-state index contributed by atoms with van der Waals surface area (Å²) in [6, 6.07) is 7.55. The van der Waals surface area contributed by atoms with Crippen LogP contribution in [-0.4, -0.2) is 22.8 Å². The van der Waals surface area contributed by atoms with Gasteiger partial charge in [0.25, 0.3) is 5.91 Å². The zero-order valence-electron chi connectivity index (χ0n) is 10.2. The van der Waals surface area contributed by atoms with Gasteiger partial charge in [-0.15, -0.1) is 11.3 Å². The molecule has 94 valence electrons. The number of carbonyl (C=O) groups excluding carboxylic acids is 1. The fraction of sp³-hybridized carbons (Fsp3) is 0.231. The second-order valence-electron chi connectivity index (χ2n) is 3.99. The van der Waals surface area contributed by atoms with E-state index in [0.29, 0.717) is 18.8 Å². The molecule has 4 nitrogen and oxygen atoms in total. The van der Waals surface area contributed by atoms with Crippen LogP contribution in [0.3, 0.4) is 0 Å². The third-order valence-corrected chi connectivity index (χ3v) is 3.46. The molecule has 0 atom stereocenters. The van der Waals surface area contributed by atoms with Gasteiger partial charge < -0.3 is 10.6 Å². The molecule has 0 aliphatic heterocycles. The number of aromatic nitrogens is 1. The summed E-state index contributed by atoms with van der Waals surface area (Å²) in [6.45, 7) is 1.02. The van der Waals surface area contributed by atoms with Gasteiger partial charge in [0.15, 0.2) is 0 Å². The van der Waals surface area contributed by atoms with E-state index in [1.165, 1.54) is 0 Å². The molecule has 2 aromatic heterocycles. The topological polar surface area (TPSA) is 59.2 Å². The molecule has 0 saturated heterocycles. The van der Waals surface area contributed by atoms with E-state index >= 15 is 0 Å². The van der Waals surface area contributed by atoms with Gasteiger partial charge in [-0.1, -0.05) is 6.07 Å². The van der Waals surface area contributed by atoms with Crippen molar-refractivity contribution in [1.82, 2.24) is 9.88 Å². The second-order valence-corrected chi connectivity index (χ2v) is 5.03. The van der Waals surface area contributed by atoms with Crippen molar-refractivity contribution >= 4 is 17.2 Å². The van der Waals surface area contributed by atoms with Crippen molar-refractivity contribution in [3.8, 4) is 0 Å². The van der Waals surface area contributed by atoms with Crippen LogP contribution in [-0.2, 0) is 13.1 Å². The number of carbonyl (C=O) groups is 1. The Labute approximate surface area is 110 Å². The molecule has 18 heavy (non-hydrogen) atoms. The normalized spacial score (nSPS) is 10.3. The molecule has 0 fully saturated rings. The Hall–Kier alpha value is -1.72. The summed E-state index contributed by atoms with van der Waals surface area (Å²) < 4.78 is 0. The van der Waals surface area contributed by atoms with Gasteiger partial charge in [-0.25, -0.2) is 0 Å². The Morgan fingerprint density at radius 1 is 1.50 bits per heavy atom. The van der Waals surface area contributed by atoms with Crippen LogP contribution in [0.5, 0.6) is 0 Å². The summed E-state index contributed by atoms with van der Waals surface area (Å²) >= 11 is 1.64. The third-order valence-electron chi connectivity index (χ3n) is 2.60. The third kappa shape index (κ3) is 2.94. The number of pyridine rings is 1. The monoisotopic (exact) mass is 261 g/mol. The van der Waals surface area contributed by atoms with Crippen LogP contribution in [0.2, 0.25) is 0 Å². The predicted molar refractivity (Wildman–Crippen MR) is 72.2 cm³/mol. The smallest absolute Gasteiger partial charge is 0.272 e. The summed E-state index contributed by atoms with van der Waals surface area (Å²) in [6.07, 6.45) is 1.62. The van der Waals surface area contributed by atoms with Crippen LogP contribution in [0.15, 0.2) is 35.8 Å². The molecule has 5 heteroatoms. The first-order chi connectivity index (χ1) is 8.70. The van der Waals surface area contributed by atoms with Crippen molar-refractivity contribution in [1.29, 1.82) is 0 Å². The van der Waals surface area contributed by atoms with Gasteiger partial charge in [-0.05, 0) is 29.1 Å². The SMILES string of the molecule is CN(Cc1cccs1)C(=O)c1cc(CN)ccn1. The first kappa shape index (κ1) is 12.7. The molecule has 0 aromatic carbocycles. The van der Waals surface area contributed by atoms with Gasteiger partial charge in [0, 0.05) is 24.7 Å². The van der Waals surface area contributed by atoms with E-state index in [2.05, 4.69) is 4.98 Å². The lowest BCUT2D eigenvalue weighted by atomic mass is 10.2. The molecule has 2 N–H and O–H groups in total. The molecule has 0 spiro atoms. The molecule has 0 aliphatic rings. The lowest BCUT2D eigenvalue weighted by molar-refractivity contribution is 0.0780. The number of thiophene rings is 1. The largest absolute Gasteiger partial charge is 0.335 e. The van der Waals surface area contributed by atoms with E-state index in [9.17, 15) is 4.79 Å². The average Bonchev–Trinajstić information content (AvgIpc) is 2.90. The minimum atomic E-state index is -0.0845. The van der Waals surface area contributed by atoms with Crippen molar-refractivity contribution in [2.24, 2.45) is 5.73 Å². The van der Waals surface area contributed by atoms with E-state index in [4.69, 9.17) is 5.73 Å². The van der Waals surface area contributed by atoms with E-state index < -0.39 is 0 Å². The molecule has 2 heterocycles. The highest BCUT2D eigenvalue weighted by Crippen LogP contribution is 2.12. The number of rotatable bonds is 4. The quantitative estimate of drug-likeness (QED) is 0.914. The minimum Gasteiger partial charge on any atom is -0.335 e. The Morgan fingerprint density at radius 3 is 3.00 bits per heavy atom. The number of hydrogen-bond donors (Lipinski definition) is 1. The Kier molecular flexibility index (Phi) is 4.07. The zero-order valence-corrected chi connectivity index (χ0v) is 11.0. The summed E-state index contributed by atoms with van der Waals surface area (Å²) in [4.78, 5) is 19.1. The maximum Gasteiger partial charge on any atom is 0.272 e. The van der Waals surface area contributed by atoms with Gasteiger partial charge in [0.05, 0.1) is 6.54 Å². The molecule has 0 bridgehead atoms. The van der Waals surface area contributed by atoms with Gasteiger partial charge in [0.1, 0.15) is 5.69 Å². The van der Waals surface area contributed by atoms with Crippen molar-refractivity contribution in [3.05, 3.63) is 52.0 Å². The zero-order chi connectivity index (χ0) is 13.0. The van der Waals surface area contributed by atoms with Crippen molar-refractivity contribution in [3.63, 3.8) is 0 Å². The molecule has 0 unspecified atom stereocenters. The molecule has 2 aromatic rings. The highest BCUT2D eigenvalue weighted by atomic mass is 32.1. The van der Waals surface area contributed by atoms with Crippen LogP contribution < -0.4 is 5.73 Å². The molecule has 0 radical (unpaired) electrons. The van der Waals surface area contributed by atoms with E-state index in [1.54, 1.807) is 35.5 Å². The Morgan fingerprint density at radius 2 is 2.33 bits per heavy atom. The number of amides is 1. The molecule has 1 amide bonds. The van der Waals surface area contributed by atoms with Crippen molar-refractivity contribution in [2.75, 3.05) is 7.05 Å². The fourth-order valence-corrected chi connectivity index (χ4v) is 2.38.